The first-order valence-corrected chi connectivity index (χ1v) is 9.10. The van der Waals surface area contributed by atoms with Crippen LogP contribution in [0.1, 0.15) is 32.3 Å². The zero-order chi connectivity index (χ0) is 17.8. The van der Waals surface area contributed by atoms with Crippen LogP contribution in [-0.4, -0.2) is 51.7 Å². The molecule has 0 N–H and O–H groups in total. The van der Waals surface area contributed by atoms with Crippen molar-refractivity contribution in [2.45, 2.75) is 39.3 Å². The molecule has 2 heterocycles. The summed E-state index contributed by atoms with van der Waals surface area (Å²) in [6, 6.07) is 10.8. The Balaban J connectivity index is 1.54. The molecule has 1 saturated heterocycles. The summed E-state index contributed by atoms with van der Waals surface area (Å²) < 4.78 is 1.87. The Bertz CT molecular complexity index is 678. The Labute approximate surface area is 150 Å². The molecule has 1 unspecified atom stereocenters. The van der Waals surface area contributed by atoms with E-state index in [-0.39, 0.29) is 0 Å². The van der Waals surface area contributed by atoms with Gasteiger partial charge in [-0.1, -0.05) is 12.1 Å². The molecule has 1 atom stereocenters. The number of carbonyl (C=O) groups is 1. The molecule has 1 amide bonds. The predicted octanol–water partition coefficient (Wildman–Crippen LogP) is 2.95. The van der Waals surface area contributed by atoms with E-state index in [4.69, 9.17) is 0 Å². The summed E-state index contributed by atoms with van der Waals surface area (Å²) in [5, 5.41) is 4.26. The maximum atomic E-state index is 12.0. The van der Waals surface area contributed by atoms with Crippen molar-refractivity contribution in [1.29, 1.82) is 0 Å². The second-order valence-corrected chi connectivity index (χ2v) is 7.36. The molecule has 0 radical (unpaired) electrons. The molecule has 3 rings (SSSR count). The van der Waals surface area contributed by atoms with Crippen LogP contribution >= 0.6 is 0 Å². The first-order valence-electron chi connectivity index (χ1n) is 9.10. The summed E-state index contributed by atoms with van der Waals surface area (Å²) in [4.78, 5) is 16.4. The van der Waals surface area contributed by atoms with E-state index in [0.717, 1.165) is 31.7 Å². The van der Waals surface area contributed by atoms with Crippen LogP contribution in [-0.2, 0) is 11.3 Å². The van der Waals surface area contributed by atoms with Gasteiger partial charge in [0.05, 0.1) is 5.69 Å². The molecule has 5 nitrogen and oxygen atoms in total. The number of likely N-dealkylation sites (tertiary alicyclic amines) is 1. The maximum Gasteiger partial charge on any atom is 0.222 e. The van der Waals surface area contributed by atoms with Crippen LogP contribution in [0.5, 0.6) is 0 Å². The minimum Gasteiger partial charge on any atom is -0.340 e. The average molecular weight is 340 g/mol. The van der Waals surface area contributed by atoms with E-state index < -0.39 is 0 Å². The normalized spacial score (nSPS) is 18.4. The third-order valence-electron chi connectivity index (χ3n) is 4.89. The SMILES string of the molecule is CC(C)N1CC(CN(C)Cc2ccc(-n3cccn3)cc2)CCC1=O. The summed E-state index contributed by atoms with van der Waals surface area (Å²) in [5.41, 5.74) is 2.38. The molecular formula is C20H28N4O. The number of rotatable bonds is 6. The van der Waals surface area contributed by atoms with E-state index in [9.17, 15) is 4.79 Å². The number of nitrogens with zero attached hydrogens (tertiary/aromatic N) is 4. The van der Waals surface area contributed by atoms with E-state index in [0.29, 0.717) is 24.3 Å². The molecule has 5 heteroatoms. The number of amides is 1. The van der Waals surface area contributed by atoms with E-state index in [1.807, 2.05) is 21.8 Å². The van der Waals surface area contributed by atoms with Gasteiger partial charge in [-0.2, -0.15) is 5.10 Å². The van der Waals surface area contributed by atoms with Crippen LogP contribution in [0.25, 0.3) is 5.69 Å². The van der Waals surface area contributed by atoms with E-state index in [2.05, 4.69) is 55.2 Å². The lowest BCUT2D eigenvalue weighted by Gasteiger charge is -2.37. The smallest absolute Gasteiger partial charge is 0.222 e. The van der Waals surface area contributed by atoms with Crippen molar-refractivity contribution in [3.63, 3.8) is 0 Å². The molecule has 1 aliphatic rings. The van der Waals surface area contributed by atoms with Crippen LogP contribution in [0, 0.1) is 5.92 Å². The van der Waals surface area contributed by atoms with E-state index in [1.54, 1.807) is 6.20 Å². The summed E-state index contributed by atoms with van der Waals surface area (Å²) >= 11 is 0. The molecule has 1 fully saturated rings. The second kappa shape index (κ2) is 7.83. The molecule has 0 aliphatic carbocycles. The highest BCUT2D eigenvalue weighted by Crippen LogP contribution is 2.21. The Kier molecular flexibility index (Phi) is 5.53. The van der Waals surface area contributed by atoms with Gasteiger partial charge in [0.15, 0.2) is 0 Å². The minimum atomic E-state index is 0.301. The number of carbonyl (C=O) groups excluding carboxylic acids is 1. The van der Waals surface area contributed by atoms with Crippen LogP contribution < -0.4 is 0 Å². The van der Waals surface area contributed by atoms with Crippen molar-refractivity contribution in [3.8, 4) is 5.69 Å². The number of hydrogen-bond acceptors (Lipinski definition) is 3. The molecule has 1 aromatic heterocycles. The molecule has 0 saturated carbocycles. The highest BCUT2D eigenvalue weighted by molar-refractivity contribution is 5.77. The maximum absolute atomic E-state index is 12.0. The fourth-order valence-electron chi connectivity index (χ4n) is 3.58. The molecule has 2 aromatic rings. The summed E-state index contributed by atoms with van der Waals surface area (Å²) in [5.74, 6) is 0.872. The predicted molar refractivity (Wildman–Crippen MR) is 99.5 cm³/mol. The monoisotopic (exact) mass is 340 g/mol. The van der Waals surface area contributed by atoms with Gasteiger partial charge < -0.3 is 9.80 Å². The van der Waals surface area contributed by atoms with E-state index >= 15 is 0 Å². The Morgan fingerprint density at radius 2 is 2.04 bits per heavy atom. The van der Waals surface area contributed by atoms with Gasteiger partial charge in [0.1, 0.15) is 0 Å². The fraction of sp³-hybridized carbons (Fsp3) is 0.500. The second-order valence-electron chi connectivity index (χ2n) is 7.36. The van der Waals surface area contributed by atoms with Crippen LogP contribution in [0.4, 0.5) is 0 Å². The lowest BCUT2D eigenvalue weighted by atomic mass is 9.96. The number of hydrogen-bond donors (Lipinski definition) is 0. The number of piperidine rings is 1. The lowest BCUT2D eigenvalue weighted by molar-refractivity contribution is -0.136. The zero-order valence-corrected chi connectivity index (χ0v) is 15.4. The van der Waals surface area contributed by atoms with Crippen LogP contribution in [0.2, 0.25) is 0 Å². The van der Waals surface area contributed by atoms with Gasteiger partial charge in [0.2, 0.25) is 5.91 Å². The number of benzene rings is 1. The minimum absolute atomic E-state index is 0.301. The van der Waals surface area contributed by atoms with Crippen LogP contribution in [0.3, 0.4) is 0 Å². The molecule has 134 valence electrons. The third-order valence-corrected chi connectivity index (χ3v) is 4.89. The van der Waals surface area contributed by atoms with Crippen molar-refractivity contribution >= 4 is 5.91 Å². The van der Waals surface area contributed by atoms with Gasteiger partial charge in [-0.25, -0.2) is 4.68 Å². The lowest BCUT2D eigenvalue weighted by Crippen LogP contribution is -2.46. The van der Waals surface area contributed by atoms with Crippen molar-refractivity contribution in [2.24, 2.45) is 5.92 Å². The molecule has 0 bridgehead atoms. The van der Waals surface area contributed by atoms with Crippen molar-refractivity contribution < 1.29 is 4.79 Å². The Morgan fingerprint density at radius 3 is 2.68 bits per heavy atom. The van der Waals surface area contributed by atoms with Crippen LogP contribution in [0.15, 0.2) is 42.7 Å². The standard InChI is InChI=1S/C20H28N4O/c1-16(2)23-15-18(7-10-20(23)25)14-22(3)13-17-5-8-19(9-6-17)24-12-4-11-21-24/h4-6,8-9,11-12,16,18H,7,10,13-15H2,1-3H3. The summed E-state index contributed by atoms with van der Waals surface area (Å²) in [6.07, 6.45) is 5.43. The molecule has 0 spiro atoms. The van der Waals surface area contributed by atoms with Gasteiger partial charge in [-0.05, 0) is 57.0 Å². The quantitative estimate of drug-likeness (QED) is 0.812. The van der Waals surface area contributed by atoms with Crippen molar-refractivity contribution in [2.75, 3.05) is 20.1 Å². The Hall–Kier alpha value is -2.14. The fourth-order valence-corrected chi connectivity index (χ4v) is 3.58. The molecular weight excluding hydrogens is 312 g/mol. The summed E-state index contributed by atoms with van der Waals surface area (Å²) in [7, 11) is 2.16. The first kappa shape index (κ1) is 17.7. The average Bonchev–Trinajstić information content (AvgIpc) is 3.11. The Morgan fingerprint density at radius 1 is 1.28 bits per heavy atom. The van der Waals surface area contributed by atoms with Crippen molar-refractivity contribution in [1.82, 2.24) is 19.6 Å². The largest absolute Gasteiger partial charge is 0.340 e. The number of aromatic nitrogens is 2. The van der Waals surface area contributed by atoms with Crippen molar-refractivity contribution in [3.05, 3.63) is 48.3 Å². The van der Waals surface area contributed by atoms with Gasteiger partial charge in [-0.15, -0.1) is 0 Å². The molecule has 1 aliphatic heterocycles. The van der Waals surface area contributed by atoms with Gasteiger partial charge in [0, 0.05) is 44.5 Å². The highest BCUT2D eigenvalue weighted by Gasteiger charge is 2.27. The zero-order valence-electron chi connectivity index (χ0n) is 15.4. The topological polar surface area (TPSA) is 41.4 Å². The first-order chi connectivity index (χ1) is 12.0. The van der Waals surface area contributed by atoms with Gasteiger partial charge in [-0.3, -0.25) is 4.79 Å². The van der Waals surface area contributed by atoms with E-state index in [1.165, 1.54) is 5.56 Å². The molecule has 25 heavy (non-hydrogen) atoms. The third kappa shape index (κ3) is 4.48. The van der Waals surface area contributed by atoms with Gasteiger partial charge in [0.25, 0.3) is 0 Å². The summed E-state index contributed by atoms with van der Waals surface area (Å²) in [6.45, 7) is 7.04. The molecule has 1 aromatic carbocycles. The highest BCUT2D eigenvalue weighted by atomic mass is 16.2. The van der Waals surface area contributed by atoms with Gasteiger partial charge >= 0.3 is 0 Å².